The van der Waals surface area contributed by atoms with Gasteiger partial charge in [0.15, 0.2) is 5.11 Å². The van der Waals surface area contributed by atoms with E-state index in [0.29, 0.717) is 5.56 Å². The molecule has 0 saturated heterocycles. The van der Waals surface area contributed by atoms with Gasteiger partial charge >= 0.3 is 0 Å². The van der Waals surface area contributed by atoms with Crippen LogP contribution in [0.5, 0.6) is 0 Å². The van der Waals surface area contributed by atoms with Gasteiger partial charge in [-0.05, 0) is 37.2 Å². The molecular weight excluding hydrogens is 286 g/mol. The van der Waals surface area contributed by atoms with Gasteiger partial charge in [-0.2, -0.15) is 0 Å². The molecule has 3 N–H and O–H groups in total. The molecule has 0 atom stereocenters. The Bertz CT molecular complexity index is 513. The van der Waals surface area contributed by atoms with Gasteiger partial charge in [-0.25, -0.2) is 0 Å². The van der Waals surface area contributed by atoms with Gasteiger partial charge in [0.2, 0.25) is 5.91 Å². The zero-order valence-electron chi connectivity index (χ0n) is 11.7. The third-order valence-electron chi connectivity index (χ3n) is 3.54. The predicted molar refractivity (Wildman–Crippen MR) is 84.4 cm³/mol. The van der Waals surface area contributed by atoms with E-state index in [4.69, 9.17) is 12.2 Å². The minimum Gasteiger partial charge on any atom is -0.298 e. The molecule has 1 aromatic rings. The normalized spacial score (nSPS) is 15.0. The number of benzene rings is 1. The van der Waals surface area contributed by atoms with Crippen LogP contribution in [0.3, 0.4) is 0 Å². The van der Waals surface area contributed by atoms with Crippen molar-refractivity contribution in [3.8, 4) is 0 Å². The molecule has 1 saturated carbocycles. The van der Waals surface area contributed by atoms with E-state index in [2.05, 4.69) is 16.2 Å². The molecule has 0 heterocycles. The first-order chi connectivity index (χ1) is 10.2. The van der Waals surface area contributed by atoms with Gasteiger partial charge in [0.25, 0.3) is 5.91 Å². The van der Waals surface area contributed by atoms with Crippen LogP contribution >= 0.6 is 12.2 Å². The minimum absolute atomic E-state index is 0.0406. The molecule has 112 valence electrons. The summed E-state index contributed by atoms with van der Waals surface area (Å²) in [7, 11) is 0. The molecule has 1 fully saturated rings. The molecule has 0 radical (unpaired) electrons. The van der Waals surface area contributed by atoms with Gasteiger partial charge in [0.1, 0.15) is 0 Å². The van der Waals surface area contributed by atoms with Gasteiger partial charge in [-0.1, -0.05) is 37.5 Å². The maximum Gasteiger partial charge on any atom is 0.257 e. The highest BCUT2D eigenvalue weighted by Crippen LogP contribution is 2.23. The molecule has 1 aliphatic carbocycles. The monoisotopic (exact) mass is 305 g/mol. The lowest BCUT2D eigenvalue weighted by molar-refractivity contribution is -0.126. The Balaban J connectivity index is 1.74. The van der Waals surface area contributed by atoms with Crippen molar-refractivity contribution in [1.29, 1.82) is 0 Å². The topological polar surface area (TPSA) is 70.2 Å². The Morgan fingerprint density at radius 1 is 1.00 bits per heavy atom. The summed E-state index contributed by atoms with van der Waals surface area (Å²) in [5.74, 6) is -0.329. The SMILES string of the molecule is O=C(NC(=S)NNC(=O)C1CCCCC1)c1ccccc1. The number of hydrogen-bond donors (Lipinski definition) is 3. The number of carbonyl (C=O) groups excluding carboxylic acids is 2. The molecule has 21 heavy (non-hydrogen) atoms. The molecule has 0 spiro atoms. The van der Waals surface area contributed by atoms with Gasteiger partial charge in [-0.3, -0.25) is 25.8 Å². The standard InChI is InChI=1S/C15H19N3O2S/c19-13(11-7-3-1-4-8-11)16-15(21)18-17-14(20)12-9-5-2-6-10-12/h1,3-4,7-8,12H,2,5-6,9-10H2,(H,17,20)(H2,16,18,19,21). The molecule has 0 bridgehead atoms. The average Bonchev–Trinajstić information content (AvgIpc) is 2.54. The van der Waals surface area contributed by atoms with Crippen LogP contribution in [0, 0.1) is 5.92 Å². The Morgan fingerprint density at radius 2 is 1.67 bits per heavy atom. The van der Waals surface area contributed by atoms with Crippen molar-refractivity contribution in [2.75, 3.05) is 0 Å². The van der Waals surface area contributed by atoms with Crippen molar-refractivity contribution >= 4 is 29.1 Å². The van der Waals surface area contributed by atoms with E-state index in [9.17, 15) is 9.59 Å². The molecule has 1 aliphatic rings. The third-order valence-corrected chi connectivity index (χ3v) is 3.74. The van der Waals surface area contributed by atoms with E-state index in [0.717, 1.165) is 25.7 Å². The smallest absolute Gasteiger partial charge is 0.257 e. The van der Waals surface area contributed by atoms with Crippen LogP contribution in [-0.4, -0.2) is 16.9 Å². The van der Waals surface area contributed by atoms with Crippen LogP contribution < -0.4 is 16.2 Å². The van der Waals surface area contributed by atoms with Crippen molar-refractivity contribution in [3.05, 3.63) is 35.9 Å². The quantitative estimate of drug-likeness (QED) is 0.576. The fourth-order valence-corrected chi connectivity index (χ4v) is 2.52. The van der Waals surface area contributed by atoms with Crippen molar-refractivity contribution < 1.29 is 9.59 Å². The van der Waals surface area contributed by atoms with Crippen LogP contribution in [0.4, 0.5) is 0 Å². The first-order valence-corrected chi connectivity index (χ1v) is 7.54. The number of hydrazine groups is 1. The number of carbonyl (C=O) groups is 2. The fourth-order valence-electron chi connectivity index (χ4n) is 2.38. The lowest BCUT2D eigenvalue weighted by Crippen LogP contribution is -2.50. The van der Waals surface area contributed by atoms with Gasteiger partial charge in [0.05, 0.1) is 0 Å². The van der Waals surface area contributed by atoms with Crippen LogP contribution in [0.2, 0.25) is 0 Å². The second-order valence-corrected chi connectivity index (χ2v) is 5.51. The maximum absolute atomic E-state index is 11.9. The molecule has 2 rings (SSSR count). The summed E-state index contributed by atoms with van der Waals surface area (Å²) >= 11 is 4.99. The molecule has 0 unspecified atom stereocenters. The van der Waals surface area contributed by atoms with Gasteiger partial charge < -0.3 is 0 Å². The summed E-state index contributed by atoms with van der Waals surface area (Å²) in [6.07, 6.45) is 5.20. The first-order valence-electron chi connectivity index (χ1n) is 7.13. The van der Waals surface area contributed by atoms with E-state index in [1.54, 1.807) is 24.3 Å². The lowest BCUT2D eigenvalue weighted by atomic mass is 9.89. The highest BCUT2D eigenvalue weighted by molar-refractivity contribution is 7.80. The highest BCUT2D eigenvalue weighted by atomic mass is 32.1. The average molecular weight is 305 g/mol. The van der Waals surface area contributed by atoms with Crippen LogP contribution in [0.1, 0.15) is 42.5 Å². The predicted octanol–water partition coefficient (Wildman–Crippen LogP) is 1.90. The summed E-state index contributed by atoms with van der Waals surface area (Å²) in [5, 5.41) is 2.61. The maximum atomic E-state index is 11.9. The second-order valence-electron chi connectivity index (χ2n) is 5.10. The van der Waals surface area contributed by atoms with Gasteiger partial charge in [0, 0.05) is 11.5 Å². The molecule has 6 heteroatoms. The Kier molecular flexibility index (Phi) is 5.68. The largest absolute Gasteiger partial charge is 0.298 e. The van der Waals surface area contributed by atoms with Crippen LogP contribution in [-0.2, 0) is 4.79 Å². The number of hydrogen-bond acceptors (Lipinski definition) is 3. The minimum atomic E-state index is -0.306. The van der Waals surface area contributed by atoms with Crippen LogP contribution in [0.15, 0.2) is 30.3 Å². The number of thiocarbonyl (C=S) groups is 1. The molecule has 0 aromatic heterocycles. The Labute approximate surface area is 129 Å². The summed E-state index contributed by atoms with van der Waals surface area (Å²) in [6, 6.07) is 8.77. The summed E-state index contributed by atoms with van der Waals surface area (Å²) in [5.41, 5.74) is 5.66. The van der Waals surface area contributed by atoms with E-state index in [-0.39, 0.29) is 22.8 Å². The van der Waals surface area contributed by atoms with Crippen LogP contribution in [0.25, 0.3) is 0 Å². The van der Waals surface area contributed by atoms with E-state index in [1.165, 1.54) is 6.42 Å². The molecular formula is C15H19N3O2S. The zero-order chi connectivity index (χ0) is 15.1. The Hall–Kier alpha value is -1.95. The Morgan fingerprint density at radius 3 is 2.33 bits per heavy atom. The number of rotatable bonds is 2. The fraction of sp³-hybridized carbons (Fsp3) is 0.400. The third kappa shape index (κ3) is 4.82. The van der Waals surface area contributed by atoms with E-state index < -0.39 is 0 Å². The lowest BCUT2D eigenvalue weighted by Gasteiger charge is -2.21. The summed E-state index contributed by atoms with van der Waals surface area (Å²) < 4.78 is 0. The summed E-state index contributed by atoms with van der Waals surface area (Å²) in [4.78, 5) is 23.8. The van der Waals surface area contributed by atoms with Crippen molar-refractivity contribution in [2.45, 2.75) is 32.1 Å². The van der Waals surface area contributed by atoms with Gasteiger partial charge in [-0.15, -0.1) is 0 Å². The summed E-state index contributed by atoms with van der Waals surface area (Å²) in [6.45, 7) is 0. The number of nitrogens with one attached hydrogen (secondary N) is 3. The van der Waals surface area contributed by atoms with Crippen molar-refractivity contribution in [2.24, 2.45) is 5.92 Å². The highest BCUT2D eigenvalue weighted by Gasteiger charge is 2.21. The molecule has 1 aromatic carbocycles. The molecule has 2 amide bonds. The van der Waals surface area contributed by atoms with Crippen molar-refractivity contribution in [1.82, 2.24) is 16.2 Å². The zero-order valence-corrected chi connectivity index (χ0v) is 12.5. The van der Waals surface area contributed by atoms with E-state index in [1.807, 2.05) is 6.07 Å². The molecule has 5 nitrogen and oxygen atoms in total. The second kappa shape index (κ2) is 7.73. The number of amides is 2. The van der Waals surface area contributed by atoms with E-state index >= 15 is 0 Å². The molecule has 0 aliphatic heterocycles. The first kappa shape index (κ1) is 15.4. The van der Waals surface area contributed by atoms with Crippen molar-refractivity contribution in [3.63, 3.8) is 0 Å².